The molecule has 5 nitrogen and oxygen atoms in total. The van der Waals surface area contributed by atoms with Crippen LogP contribution >= 0.6 is 0 Å². The van der Waals surface area contributed by atoms with Gasteiger partial charge in [-0.15, -0.1) is 0 Å². The first kappa shape index (κ1) is 15.9. The van der Waals surface area contributed by atoms with Crippen molar-refractivity contribution in [3.05, 3.63) is 84.3 Å². The van der Waals surface area contributed by atoms with E-state index >= 15 is 0 Å². The number of amides is 1. The van der Waals surface area contributed by atoms with Crippen molar-refractivity contribution in [3.8, 4) is 5.82 Å². The molecule has 4 rings (SSSR count). The minimum atomic E-state index is -0.793. The summed E-state index contributed by atoms with van der Waals surface area (Å²) < 4.78 is 28.7. The molecule has 0 radical (unpaired) electrons. The summed E-state index contributed by atoms with van der Waals surface area (Å²) in [6.45, 7) is 0. The van der Waals surface area contributed by atoms with Crippen LogP contribution in [0.5, 0.6) is 0 Å². The number of anilines is 1. The average molecular weight is 350 g/mol. The number of carbonyl (C=O) groups is 1. The molecule has 128 valence electrons. The molecular formula is C19H12F2N4O. The molecule has 4 aromatic rings. The first-order chi connectivity index (χ1) is 12.6. The van der Waals surface area contributed by atoms with E-state index in [-0.39, 0.29) is 5.56 Å². The molecule has 2 heterocycles. The van der Waals surface area contributed by atoms with Crippen molar-refractivity contribution >= 4 is 22.6 Å². The zero-order valence-corrected chi connectivity index (χ0v) is 13.4. The summed E-state index contributed by atoms with van der Waals surface area (Å²) in [5.41, 5.74) is 1.74. The summed E-state index contributed by atoms with van der Waals surface area (Å²) in [7, 11) is 0. The molecule has 0 bridgehead atoms. The number of rotatable bonds is 3. The molecule has 26 heavy (non-hydrogen) atoms. The van der Waals surface area contributed by atoms with Gasteiger partial charge in [0.25, 0.3) is 5.91 Å². The highest BCUT2D eigenvalue weighted by atomic mass is 19.1. The van der Waals surface area contributed by atoms with Crippen molar-refractivity contribution in [2.75, 3.05) is 5.32 Å². The Morgan fingerprint density at radius 2 is 1.85 bits per heavy atom. The number of halogens is 2. The first-order valence-corrected chi connectivity index (χ1v) is 7.77. The second kappa shape index (κ2) is 6.36. The highest BCUT2D eigenvalue weighted by molar-refractivity contribution is 6.04. The summed E-state index contributed by atoms with van der Waals surface area (Å²) >= 11 is 0. The number of benzene rings is 2. The lowest BCUT2D eigenvalue weighted by molar-refractivity contribution is 0.102. The van der Waals surface area contributed by atoms with Gasteiger partial charge < -0.3 is 5.32 Å². The first-order valence-electron chi connectivity index (χ1n) is 7.77. The van der Waals surface area contributed by atoms with Crippen LogP contribution in [0.1, 0.15) is 10.4 Å². The van der Waals surface area contributed by atoms with Gasteiger partial charge in [-0.05, 0) is 42.5 Å². The Balaban J connectivity index is 1.58. The van der Waals surface area contributed by atoms with Gasteiger partial charge in [-0.2, -0.15) is 0 Å². The lowest BCUT2D eigenvalue weighted by Crippen LogP contribution is -2.14. The molecular weight excluding hydrogens is 338 g/mol. The fourth-order valence-electron chi connectivity index (χ4n) is 2.61. The van der Waals surface area contributed by atoms with Gasteiger partial charge in [-0.1, -0.05) is 12.1 Å². The zero-order chi connectivity index (χ0) is 18.1. The maximum Gasteiger partial charge on any atom is 0.258 e. The van der Waals surface area contributed by atoms with Crippen LogP contribution in [-0.2, 0) is 0 Å². The molecule has 2 aromatic carbocycles. The van der Waals surface area contributed by atoms with Gasteiger partial charge in [0.2, 0.25) is 0 Å². The average Bonchev–Trinajstić information content (AvgIpc) is 3.08. The highest BCUT2D eigenvalue weighted by Gasteiger charge is 2.13. The second-order valence-electron chi connectivity index (χ2n) is 5.59. The minimum absolute atomic E-state index is 0.366. The number of fused-ring (bicyclic) bond motifs is 1. The van der Waals surface area contributed by atoms with E-state index in [0.29, 0.717) is 11.5 Å². The Bertz CT molecular complexity index is 1110. The Hall–Kier alpha value is -3.61. The Morgan fingerprint density at radius 1 is 1.00 bits per heavy atom. The van der Waals surface area contributed by atoms with Crippen molar-refractivity contribution in [1.29, 1.82) is 0 Å². The quantitative estimate of drug-likeness (QED) is 0.609. The van der Waals surface area contributed by atoms with Crippen LogP contribution in [0.3, 0.4) is 0 Å². The standard InChI is InChI=1S/C19H12F2N4O/c20-12-5-7-15(21)14(9-12)19(26)24-13-6-8-18(22-10-13)25-11-23-16-3-1-2-4-17(16)25/h1-11H,(H,24,26). The molecule has 0 spiro atoms. The van der Waals surface area contributed by atoms with Crippen LogP contribution in [0, 0.1) is 11.6 Å². The Labute approximate surface area is 146 Å². The van der Waals surface area contributed by atoms with Crippen LogP contribution < -0.4 is 5.32 Å². The lowest BCUT2D eigenvalue weighted by atomic mass is 10.2. The van der Waals surface area contributed by atoms with Crippen LogP contribution in [0.25, 0.3) is 16.9 Å². The van der Waals surface area contributed by atoms with E-state index < -0.39 is 17.5 Å². The third kappa shape index (κ3) is 2.90. The van der Waals surface area contributed by atoms with Gasteiger partial charge in [0.1, 0.15) is 23.8 Å². The van der Waals surface area contributed by atoms with E-state index in [1.54, 1.807) is 18.5 Å². The van der Waals surface area contributed by atoms with E-state index in [4.69, 9.17) is 0 Å². The number of aromatic nitrogens is 3. The molecule has 0 atom stereocenters. The van der Waals surface area contributed by atoms with Crippen molar-refractivity contribution in [3.63, 3.8) is 0 Å². The van der Waals surface area contributed by atoms with Crippen LogP contribution in [0.2, 0.25) is 0 Å². The molecule has 0 aliphatic carbocycles. The lowest BCUT2D eigenvalue weighted by Gasteiger charge is -2.08. The van der Waals surface area contributed by atoms with Crippen LogP contribution in [0.15, 0.2) is 67.1 Å². The number of hydrogen-bond donors (Lipinski definition) is 1. The molecule has 1 N–H and O–H groups in total. The summed E-state index contributed by atoms with van der Waals surface area (Å²) in [5, 5.41) is 2.50. The van der Waals surface area contributed by atoms with Crippen molar-refractivity contribution in [2.24, 2.45) is 0 Å². The molecule has 0 aliphatic heterocycles. The summed E-state index contributed by atoms with van der Waals surface area (Å²) in [6, 6.07) is 13.7. The molecule has 7 heteroatoms. The molecule has 0 saturated carbocycles. The molecule has 1 amide bonds. The Morgan fingerprint density at radius 3 is 2.65 bits per heavy atom. The summed E-state index contributed by atoms with van der Waals surface area (Å²) in [5.74, 6) is -1.60. The fraction of sp³-hybridized carbons (Fsp3) is 0. The maximum absolute atomic E-state index is 13.7. The normalized spacial score (nSPS) is 10.8. The Kier molecular flexibility index (Phi) is 3.89. The number of para-hydroxylation sites is 2. The number of pyridine rings is 1. The van der Waals surface area contributed by atoms with E-state index in [0.717, 1.165) is 29.2 Å². The van der Waals surface area contributed by atoms with Crippen molar-refractivity contribution < 1.29 is 13.6 Å². The number of nitrogens with zero attached hydrogens (tertiary/aromatic N) is 3. The van der Waals surface area contributed by atoms with Gasteiger partial charge in [-0.25, -0.2) is 18.7 Å². The maximum atomic E-state index is 13.7. The van der Waals surface area contributed by atoms with Gasteiger partial charge in [-0.3, -0.25) is 9.36 Å². The van der Waals surface area contributed by atoms with Gasteiger partial charge in [0.15, 0.2) is 0 Å². The number of carbonyl (C=O) groups excluding carboxylic acids is 1. The van der Waals surface area contributed by atoms with Crippen LogP contribution in [0.4, 0.5) is 14.5 Å². The third-order valence-electron chi connectivity index (χ3n) is 3.88. The second-order valence-corrected chi connectivity index (χ2v) is 5.59. The minimum Gasteiger partial charge on any atom is -0.320 e. The number of hydrogen-bond acceptors (Lipinski definition) is 3. The predicted octanol–water partition coefficient (Wildman–Crippen LogP) is 3.95. The van der Waals surface area contributed by atoms with E-state index in [2.05, 4.69) is 15.3 Å². The SMILES string of the molecule is O=C(Nc1ccc(-n2cnc3ccccc32)nc1)c1cc(F)ccc1F. The van der Waals surface area contributed by atoms with Crippen LogP contribution in [-0.4, -0.2) is 20.4 Å². The molecule has 2 aromatic heterocycles. The third-order valence-corrected chi connectivity index (χ3v) is 3.88. The predicted molar refractivity (Wildman–Crippen MR) is 93.2 cm³/mol. The number of imidazole rings is 1. The largest absolute Gasteiger partial charge is 0.320 e. The van der Waals surface area contributed by atoms with Gasteiger partial charge in [0, 0.05) is 0 Å². The van der Waals surface area contributed by atoms with Gasteiger partial charge >= 0.3 is 0 Å². The smallest absolute Gasteiger partial charge is 0.258 e. The van der Waals surface area contributed by atoms with Crippen molar-refractivity contribution in [1.82, 2.24) is 14.5 Å². The van der Waals surface area contributed by atoms with Crippen molar-refractivity contribution in [2.45, 2.75) is 0 Å². The van der Waals surface area contributed by atoms with E-state index in [1.165, 1.54) is 6.20 Å². The highest BCUT2D eigenvalue weighted by Crippen LogP contribution is 2.18. The van der Waals surface area contributed by atoms with E-state index in [1.807, 2.05) is 28.8 Å². The monoisotopic (exact) mass is 350 g/mol. The molecule has 0 unspecified atom stereocenters. The zero-order valence-electron chi connectivity index (χ0n) is 13.4. The molecule has 0 saturated heterocycles. The fourth-order valence-corrected chi connectivity index (χ4v) is 2.61. The van der Waals surface area contributed by atoms with E-state index in [9.17, 15) is 13.6 Å². The molecule has 0 aliphatic rings. The topological polar surface area (TPSA) is 59.8 Å². The summed E-state index contributed by atoms with van der Waals surface area (Å²) in [4.78, 5) is 20.7. The summed E-state index contributed by atoms with van der Waals surface area (Å²) in [6.07, 6.45) is 3.10. The molecule has 0 fully saturated rings. The number of nitrogens with one attached hydrogen (secondary N) is 1. The van der Waals surface area contributed by atoms with Gasteiger partial charge in [0.05, 0.1) is 28.5 Å².